The van der Waals surface area contributed by atoms with Crippen molar-refractivity contribution >= 4 is 92.2 Å². The van der Waals surface area contributed by atoms with Gasteiger partial charge in [-0.15, -0.1) is 0 Å². The van der Waals surface area contributed by atoms with E-state index in [-0.39, 0.29) is 0 Å². The molecule has 8 heteroatoms. The molecule has 5 aromatic rings. The van der Waals surface area contributed by atoms with Crippen LogP contribution in [0.3, 0.4) is 0 Å². The monoisotopic (exact) mass is 996 g/mol. The standard InChI is InChI=1S/C48H44Br4N2O2/c1-31-9-13-33(14-10-31)39(35-17-21-37(22-18-35)53-25-5-3-6-26-53)29-48(42-41(47(55)56-48)43(49)45(51)46(52)44(42)50)30-40(34-15-11-32(2)12-16-34)36-19-23-38(24-20-36)54-27-7-4-8-28-54/h9-24,29-30H,3-8,25-28H2,1-2H3. The average Bonchev–Trinajstić information content (AvgIpc) is 3.53. The van der Waals surface area contributed by atoms with E-state index in [4.69, 9.17) is 4.74 Å². The zero-order chi connectivity index (χ0) is 39.0. The molecule has 3 aliphatic heterocycles. The van der Waals surface area contributed by atoms with Gasteiger partial charge in [0.05, 0.1) is 5.56 Å². The lowest BCUT2D eigenvalue weighted by atomic mass is 9.83. The topological polar surface area (TPSA) is 32.8 Å². The molecule has 0 aromatic heterocycles. The molecule has 0 bridgehead atoms. The Morgan fingerprint density at radius 1 is 0.518 bits per heavy atom. The third-order valence-corrected chi connectivity index (χ3v) is 16.1. The van der Waals surface area contributed by atoms with E-state index in [2.05, 4.69) is 197 Å². The second-order valence-electron chi connectivity index (χ2n) is 15.2. The highest BCUT2D eigenvalue weighted by atomic mass is 79.9. The quantitative estimate of drug-likeness (QED) is 0.0881. The van der Waals surface area contributed by atoms with E-state index in [1.165, 1.54) is 61.0 Å². The summed E-state index contributed by atoms with van der Waals surface area (Å²) >= 11 is 15.3. The second-order valence-corrected chi connectivity index (χ2v) is 18.4. The molecule has 0 N–H and O–H groups in total. The summed E-state index contributed by atoms with van der Waals surface area (Å²) in [7, 11) is 0. The molecule has 3 heterocycles. The van der Waals surface area contributed by atoms with Crippen molar-refractivity contribution in [3.8, 4) is 0 Å². The van der Waals surface area contributed by atoms with E-state index in [0.717, 1.165) is 78.6 Å². The summed E-state index contributed by atoms with van der Waals surface area (Å²) in [4.78, 5) is 19.3. The minimum atomic E-state index is -1.32. The van der Waals surface area contributed by atoms with E-state index in [1.807, 2.05) is 0 Å². The largest absolute Gasteiger partial charge is 0.442 e. The molecule has 0 atom stereocenters. The Labute approximate surface area is 364 Å². The first-order valence-corrected chi connectivity index (χ1v) is 22.7. The van der Waals surface area contributed by atoms with E-state index in [1.54, 1.807) is 0 Å². The summed E-state index contributed by atoms with van der Waals surface area (Å²) in [5, 5.41) is 0. The molecule has 286 valence electrons. The maximum Gasteiger partial charge on any atom is 0.341 e. The maximum atomic E-state index is 14.4. The maximum absolute atomic E-state index is 14.4. The molecular weight excluding hydrogens is 956 g/mol. The number of carbonyl (C=O) groups is 1. The van der Waals surface area contributed by atoms with Gasteiger partial charge in [0.15, 0.2) is 5.60 Å². The Morgan fingerprint density at radius 3 is 1.27 bits per heavy atom. The number of anilines is 2. The van der Waals surface area contributed by atoms with Crippen molar-refractivity contribution in [2.24, 2.45) is 0 Å². The molecular formula is C48H44Br4N2O2. The summed E-state index contributed by atoms with van der Waals surface area (Å²) in [5.41, 5.74) is 10.8. The van der Waals surface area contributed by atoms with Gasteiger partial charge in [-0.05, 0) is 186 Å². The highest BCUT2D eigenvalue weighted by molar-refractivity contribution is 9.15. The number of halogens is 4. The Bertz CT molecular complexity index is 2180. The summed E-state index contributed by atoms with van der Waals surface area (Å²) in [6, 6.07) is 35.0. The SMILES string of the molecule is Cc1ccc(C(=CC2(C=C(c3ccc(C)cc3)c3ccc(N4CCCCC4)cc3)OC(=O)c3c(Br)c(Br)c(Br)c(Br)c32)c2ccc(N3CCCCC3)cc2)cc1. The first-order chi connectivity index (χ1) is 27.1. The molecule has 2 fully saturated rings. The fourth-order valence-corrected chi connectivity index (χ4v) is 10.9. The smallest absolute Gasteiger partial charge is 0.341 e. The number of hydrogen-bond acceptors (Lipinski definition) is 4. The molecule has 2 saturated heterocycles. The molecule has 56 heavy (non-hydrogen) atoms. The molecule has 0 aliphatic carbocycles. The van der Waals surface area contributed by atoms with Crippen molar-refractivity contribution in [3.05, 3.63) is 172 Å². The van der Waals surface area contributed by atoms with Crippen LogP contribution in [0.25, 0.3) is 11.1 Å². The van der Waals surface area contributed by atoms with Crippen molar-refractivity contribution < 1.29 is 9.53 Å². The molecule has 0 amide bonds. The Hall–Kier alpha value is -3.43. The van der Waals surface area contributed by atoms with Gasteiger partial charge in [-0.3, -0.25) is 0 Å². The molecule has 3 aliphatic rings. The number of fused-ring (bicyclic) bond motifs is 1. The fourth-order valence-electron chi connectivity index (χ4n) is 8.26. The van der Waals surface area contributed by atoms with Gasteiger partial charge in [-0.25, -0.2) is 4.79 Å². The van der Waals surface area contributed by atoms with Gasteiger partial charge in [-0.1, -0.05) is 83.9 Å². The highest BCUT2D eigenvalue weighted by Crippen LogP contribution is 2.54. The van der Waals surface area contributed by atoms with Crippen molar-refractivity contribution in [2.75, 3.05) is 36.0 Å². The van der Waals surface area contributed by atoms with Crippen LogP contribution in [-0.4, -0.2) is 32.1 Å². The van der Waals surface area contributed by atoms with Gasteiger partial charge in [0, 0.05) is 61.0 Å². The van der Waals surface area contributed by atoms with Crippen LogP contribution in [0.2, 0.25) is 0 Å². The van der Waals surface area contributed by atoms with Gasteiger partial charge < -0.3 is 14.5 Å². The number of ether oxygens (including phenoxy) is 1. The van der Waals surface area contributed by atoms with Crippen LogP contribution in [0.1, 0.15) is 87.8 Å². The second kappa shape index (κ2) is 16.8. The predicted molar refractivity (Wildman–Crippen MR) is 246 cm³/mol. The van der Waals surface area contributed by atoms with Gasteiger partial charge in [0.25, 0.3) is 0 Å². The molecule has 0 radical (unpaired) electrons. The van der Waals surface area contributed by atoms with Crippen LogP contribution in [-0.2, 0) is 10.3 Å². The van der Waals surface area contributed by atoms with E-state index < -0.39 is 11.6 Å². The predicted octanol–water partition coefficient (Wildman–Crippen LogP) is 14.0. The molecule has 8 rings (SSSR count). The summed E-state index contributed by atoms with van der Waals surface area (Å²) in [5.74, 6) is -0.402. The number of benzene rings is 5. The third-order valence-electron chi connectivity index (χ3n) is 11.4. The third kappa shape index (κ3) is 7.88. The molecule has 0 unspecified atom stereocenters. The number of esters is 1. The van der Waals surface area contributed by atoms with E-state index in [9.17, 15) is 4.79 Å². The summed E-state index contributed by atoms with van der Waals surface area (Å²) in [6.45, 7) is 8.52. The Kier molecular flexibility index (Phi) is 11.8. The first kappa shape index (κ1) is 39.4. The number of aryl methyl sites for hydroxylation is 2. The Balaban J connectivity index is 1.39. The molecule has 4 nitrogen and oxygen atoms in total. The number of carbonyl (C=O) groups excluding carboxylic acids is 1. The van der Waals surface area contributed by atoms with Gasteiger partial charge in [-0.2, -0.15) is 0 Å². The van der Waals surface area contributed by atoms with Gasteiger partial charge >= 0.3 is 5.97 Å². The van der Waals surface area contributed by atoms with Crippen LogP contribution in [0.15, 0.2) is 127 Å². The zero-order valence-corrected chi connectivity index (χ0v) is 38.0. The van der Waals surface area contributed by atoms with Gasteiger partial charge in [0.2, 0.25) is 0 Å². The molecule has 0 spiro atoms. The number of piperidine rings is 2. The first-order valence-electron chi connectivity index (χ1n) is 19.5. The van der Waals surface area contributed by atoms with Crippen LogP contribution in [0, 0.1) is 13.8 Å². The minimum absolute atomic E-state index is 0.402. The summed E-state index contributed by atoms with van der Waals surface area (Å²) < 4.78 is 9.73. The number of hydrogen-bond donors (Lipinski definition) is 0. The normalized spacial score (nSPS) is 18.9. The number of rotatable bonds is 8. The van der Waals surface area contributed by atoms with Crippen LogP contribution < -0.4 is 9.80 Å². The fraction of sp³-hybridized carbons (Fsp3) is 0.271. The van der Waals surface area contributed by atoms with Crippen molar-refractivity contribution in [2.45, 2.75) is 58.0 Å². The number of cyclic esters (lactones) is 1. The van der Waals surface area contributed by atoms with Crippen molar-refractivity contribution in [1.29, 1.82) is 0 Å². The van der Waals surface area contributed by atoms with Crippen LogP contribution in [0.5, 0.6) is 0 Å². The highest BCUT2D eigenvalue weighted by Gasteiger charge is 2.48. The molecule has 0 saturated carbocycles. The van der Waals surface area contributed by atoms with Crippen molar-refractivity contribution in [1.82, 2.24) is 0 Å². The number of nitrogens with zero attached hydrogens (tertiary/aromatic N) is 2. The average molecular weight is 1000 g/mol. The Morgan fingerprint density at radius 2 is 0.875 bits per heavy atom. The van der Waals surface area contributed by atoms with E-state index >= 15 is 0 Å². The lowest BCUT2D eigenvalue weighted by Crippen LogP contribution is -2.29. The minimum Gasteiger partial charge on any atom is -0.442 e. The van der Waals surface area contributed by atoms with Gasteiger partial charge in [0.1, 0.15) is 0 Å². The molecule has 5 aromatic carbocycles. The van der Waals surface area contributed by atoms with Crippen LogP contribution >= 0.6 is 63.7 Å². The summed E-state index contributed by atoms with van der Waals surface area (Å²) in [6.07, 6.45) is 11.8. The van der Waals surface area contributed by atoms with Crippen LogP contribution in [0.4, 0.5) is 11.4 Å². The lowest BCUT2D eigenvalue weighted by molar-refractivity contribution is 0.0298. The lowest BCUT2D eigenvalue weighted by Gasteiger charge is -2.30. The van der Waals surface area contributed by atoms with E-state index in [0.29, 0.717) is 10.0 Å². The zero-order valence-electron chi connectivity index (χ0n) is 31.7. The van der Waals surface area contributed by atoms with Crippen molar-refractivity contribution in [3.63, 3.8) is 0 Å².